The number of likely N-dealkylation sites (tertiary alicyclic amines) is 1. The van der Waals surface area contributed by atoms with Crippen molar-refractivity contribution in [3.8, 4) is 11.5 Å². The Bertz CT molecular complexity index is 554. The molecule has 1 amide bonds. The molecule has 5 nitrogen and oxygen atoms in total. The number of carbonyl (C=O) groups is 1. The van der Waals surface area contributed by atoms with Gasteiger partial charge in [0.1, 0.15) is 0 Å². The molecule has 6 heteroatoms. The monoisotopic (exact) mass is 310 g/mol. The van der Waals surface area contributed by atoms with Gasteiger partial charge in [-0.25, -0.2) is 0 Å². The van der Waals surface area contributed by atoms with Gasteiger partial charge in [0.05, 0.1) is 5.02 Å². The summed E-state index contributed by atoms with van der Waals surface area (Å²) in [6.45, 7) is 3.64. The number of ether oxygens (including phenoxy) is 2. The van der Waals surface area contributed by atoms with Crippen LogP contribution in [0.4, 0.5) is 0 Å². The van der Waals surface area contributed by atoms with Crippen molar-refractivity contribution in [2.75, 3.05) is 19.9 Å². The van der Waals surface area contributed by atoms with E-state index in [-0.39, 0.29) is 18.7 Å². The Balaban J connectivity index is 1.73. The van der Waals surface area contributed by atoms with Gasteiger partial charge in [-0.1, -0.05) is 11.6 Å². The van der Waals surface area contributed by atoms with Crippen LogP contribution in [0.2, 0.25) is 5.02 Å². The van der Waals surface area contributed by atoms with E-state index in [4.69, 9.17) is 26.8 Å². The zero-order valence-electron chi connectivity index (χ0n) is 12.0. The van der Waals surface area contributed by atoms with Crippen molar-refractivity contribution >= 4 is 17.5 Å². The highest BCUT2D eigenvalue weighted by molar-refractivity contribution is 6.32. The van der Waals surface area contributed by atoms with Gasteiger partial charge in [0.25, 0.3) is 5.91 Å². The highest BCUT2D eigenvalue weighted by Gasteiger charge is 2.27. The summed E-state index contributed by atoms with van der Waals surface area (Å²) in [7, 11) is 0. The van der Waals surface area contributed by atoms with Crippen LogP contribution in [0.3, 0.4) is 0 Å². The van der Waals surface area contributed by atoms with E-state index < -0.39 is 0 Å². The smallest absolute Gasteiger partial charge is 0.254 e. The molecule has 0 spiro atoms. The second-order valence-electron chi connectivity index (χ2n) is 5.68. The summed E-state index contributed by atoms with van der Waals surface area (Å²) in [5, 5.41) is 0.416. The van der Waals surface area contributed by atoms with Gasteiger partial charge < -0.3 is 20.1 Å². The summed E-state index contributed by atoms with van der Waals surface area (Å²) >= 11 is 6.13. The second-order valence-corrected chi connectivity index (χ2v) is 6.09. The normalized spacial score (nSPS) is 19.7. The van der Waals surface area contributed by atoms with Crippen LogP contribution in [-0.2, 0) is 0 Å². The van der Waals surface area contributed by atoms with E-state index in [0.717, 1.165) is 25.9 Å². The summed E-state index contributed by atoms with van der Waals surface area (Å²) in [6, 6.07) is 3.53. The van der Waals surface area contributed by atoms with Crippen molar-refractivity contribution in [1.82, 2.24) is 4.90 Å². The molecule has 2 heterocycles. The van der Waals surface area contributed by atoms with Crippen molar-refractivity contribution in [2.24, 2.45) is 11.7 Å². The van der Waals surface area contributed by atoms with Gasteiger partial charge in [-0.3, -0.25) is 4.79 Å². The number of nitrogens with zero attached hydrogens (tertiary/aromatic N) is 1. The molecule has 0 aliphatic carbocycles. The standard InChI is InChI=1S/C15H19ClN2O3/c1-9(17)10-2-4-18(5-3-10)15(19)11-6-12(16)14-13(7-11)20-8-21-14/h6-7,9-10H,2-5,8,17H2,1H3. The minimum Gasteiger partial charge on any atom is -0.454 e. The third kappa shape index (κ3) is 2.80. The van der Waals surface area contributed by atoms with Crippen molar-refractivity contribution < 1.29 is 14.3 Å². The molecule has 21 heavy (non-hydrogen) atoms. The summed E-state index contributed by atoms with van der Waals surface area (Å²) in [4.78, 5) is 14.4. The van der Waals surface area contributed by atoms with Crippen LogP contribution in [-0.4, -0.2) is 36.7 Å². The van der Waals surface area contributed by atoms with Crippen molar-refractivity contribution in [3.63, 3.8) is 0 Å². The Kier molecular flexibility index (Phi) is 3.95. The fraction of sp³-hybridized carbons (Fsp3) is 0.533. The SMILES string of the molecule is CC(N)C1CCN(C(=O)c2cc(Cl)c3c(c2)OCO3)CC1. The van der Waals surface area contributed by atoms with E-state index in [1.54, 1.807) is 12.1 Å². The summed E-state index contributed by atoms with van der Waals surface area (Å²) < 4.78 is 10.6. The molecule has 0 radical (unpaired) electrons. The largest absolute Gasteiger partial charge is 0.454 e. The Morgan fingerprint density at radius 3 is 2.76 bits per heavy atom. The Morgan fingerprint density at radius 2 is 2.10 bits per heavy atom. The van der Waals surface area contributed by atoms with Crippen LogP contribution < -0.4 is 15.2 Å². The van der Waals surface area contributed by atoms with E-state index in [2.05, 4.69) is 0 Å². The van der Waals surface area contributed by atoms with Crippen LogP contribution in [0.1, 0.15) is 30.1 Å². The number of benzene rings is 1. The lowest BCUT2D eigenvalue weighted by molar-refractivity contribution is 0.0680. The molecule has 1 aromatic rings. The zero-order valence-corrected chi connectivity index (χ0v) is 12.7. The van der Waals surface area contributed by atoms with E-state index in [1.807, 2.05) is 11.8 Å². The molecule has 2 aliphatic rings. The first kappa shape index (κ1) is 14.5. The van der Waals surface area contributed by atoms with Gasteiger partial charge in [-0.15, -0.1) is 0 Å². The molecule has 1 saturated heterocycles. The summed E-state index contributed by atoms with van der Waals surface area (Å²) in [5.74, 6) is 1.54. The average Bonchev–Trinajstić information content (AvgIpc) is 2.95. The number of fused-ring (bicyclic) bond motifs is 1. The highest BCUT2D eigenvalue weighted by atomic mass is 35.5. The molecule has 0 saturated carbocycles. The third-order valence-corrected chi connectivity index (χ3v) is 4.53. The minimum atomic E-state index is -0.0154. The molecular weight excluding hydrogens is 292 g/mol. The maximum absolute atomic E-state index is 12.6. The number of amides is 1. The molecule has 2 aliphatic heterocycles. The van der Waals surface area contributed by atoms with Crippen LogP contribution >= 0.6 is 11.6 Å². The van der Waals surface area contributed by atoms with Gasteiger partial charge in [0.15, 0.2) is 11.5 Å². The maximum atomic E-state index is 12.6. The maximum Gasteiger partial charge on any atom is 0.254 e. The second kappa shape index (κ2) is 5.73. The molecule has 1 fully saturated rings. The Hall–Kier alpha value is -1.46. The molecule has 2 N–H and O–H groups in total. The lowest BCUT2D eigenvalue weighted by Crippen LogP contribution is -2.42. The van der Waals surface area contributed by atoms with Gasteiger partial charge in [-0.05, 0) is 37.8 Å². The predicted octanol–water partition coefficient (Wildman–Crippen LogP) is 2.27. The number of piperidine rings is 1. The predicted molar refractivity (Wildman–Crippen MR) is 79.9 cm³/mol. The van der Waals surface area contributed by atoms with Crippen LogP contribution in [0.25, 0.3) is 0 Å². The van der Waals surface area contributed by atoms with Gasteiger partial charge >= 0.3 is 0 Å². The average molecular weight is 311 g/mol. The number of hydrogen-bond donors (Lipinski definition) is 1. The van der Waals surface area contributed by atoms with Gasteiger partial charge in [0.2, 0.25) is 6.79 Å². The first-order chi connectivity index (χ1) is 10.1. The molecule has 0 bridgehead atoms. The fourth-order valence-corrected chi connectivity index (χ4v) is 3.17. The van der Waals surface area contributed by atoms with E-state index in [1.165, 1.54) is 0 Å². The van der Waals surface area contributed by atoms with Crippen molar-refractivity contribution in [3.05, 3.63) is 22.7 Å². The summed E-state index contributed by atoms with van der Waals surface area (Å²) in [5.41, 5.74) is 6.47. The number of nitrogens with two attached hydrogens (primary N) is 1. The van der Waals surface area contributed by atoms with Crippen molar-refractivity contribution in [2.45, 2.75) is 25.8 Å². The summed E-state index contributed by atoms with van der Waals surface area (Å²) in [6.07, 6.45) is 1.89. The molecule has 114 valence electrons. The van der Waals surface area contributed by atoms with Crippen LogP contribution in [0.15, 0.2) is 12.1 Å². The first-order valence-corrected chi connectivity index (χ1v) is 7.58. The van der Waals surface area contributed by atoms with Crippen LogP contribution in [0, 0.1) is 5.92 Å². The molecule has 1 atom stereocenters. The highest BCUT2D eigenvalue weighted by Crippen LogP contribution is 2.40. The number of rotatable bonds is 2. The minimum absolute atomic E-state index is 0.0154. The lowest BCUT2D eigenvalue weighted by atomic mass is 9.90. The topological polar surface area (TPSA) is 64.8 Å². The van der Waals surface area contributed by atoms with Crippen LogP contribution in [0.5, 0.6) is 11.5 Å². The molecule has 1 aromatic carbocycles. The van der Waals surface area contributed by atoms with E-state index in [9.17, 15) is 4.79 Å². The first-order valence-electron chi connectivity index (χ1n) is 7.20. The number of halogens is 1. The molecule has 3 rings (SSSR count). The molecule has 1 unspecified atom stereocenters. The lowest BCUT2D eigenvalue weighted by Gasteiger charge is -2.33. The fourth-order valence-electron chi connectivity index (χ4n) is 2.90. The van der Waals surface area contributed by atoms with E-state index >= 15 is 0 Å². The van der Waals surface area contributed by atoms with Crippen molar-refractivity contribution in [1.29, 1.82) is 0 Å². The molecule has 0 aromatic heterocycles. The number of hydrogen-bond acceptors (Lipinski definition) is 4. The zero-order chi connectivity index (χ0) is 15.0. The van der Waals surface area contributed by atoms with E-state index in [0.29, 0.717) is 28.0 Å². The van der Waals surface area contributed by atoms with Gasteiger partial charge in [0, 0.05) is 24.7 Å². The third-order valence-electron chi connectivity index (χ3n) is 4.24. The van der Waals surface area contributed by atoms with Gasteiger partial charge in [-0.2, -0.15) is 0 Å². The Morgan fingerprint density at radius 1 is 1.38 bits per heavy atom. The Labute approximate surface area is 128 Å². The number of carbonyl (C=O) groups excluding carboxylic acids is 1. The molecular formula is C15H19ClN2O3. The quantitative estimate of drug-likeness (QED) is 0.910.